The first-order valence-electron chi connectivity index (χ1n) is 6.13. The van der Waals surface area contributed by atoms with E-state index in [1.807, 2.05) is 26.0 Å². The van der Waals surface area contributed by atoms with Crippen molar-refractivity contribution in [2.45, 2.75) is 32.3 Å². The minimum Gasteiger partial charge on any atom is -0.490 e. The van der Waals surface area contributed by atoms with E-state index in [-0.39, 0.29) is 18.6 Å². The van der Waals surface area contributed by atoms with Crippen molar-refractivity contribution >= 4 is 10.2 Å². The zero-order valence-electron chi connectivity index (χ0n) is 11.0. The van der Waals surface area contributed by atoms with E-state index in [1.54, 1.807) is 6.07 Å². The molecule has 19 heavy (non-hydrogen) atoms. The molecule has 0 fully saturated rings. The van der Waals surface area contributed by atoms with Crippen LogP contribution >= 0.6 is 0 Å². The van der Waals surface area contributed by atoms with E-state index in [4.69, 9.17) is 9.47 Å². The highest BCUT2D eigenvalue weighted by molar-refractivity contribution is 7.86. The van der Waals surface area contributed by atoms with E-state index in [0.29, 0.717) is 11.5 Å². The minimum absolute atomic E-state index is 0.117. The predicted molar refractivity (Wildman–Crippen MR) is 69.9 cm³/mol. The lowest BCUT2D eigenvalue weighted by atomic mass is 10.0. The summed E-state index contributed by atoms with van der Waals surface area (Å²) in [4.78, 5) is 0. The standard InChI is InChI=1S/C13H17FO4S/c1-13(2)9-10-5-3-6-11(12(10)18-13)17-7-4-8-19(14,15)16/h3,5-6H,4,7-9H2,1-2H3. The molecule has 0 unspecified atom stereocenters. The van der Waals surface area contributed by atoms with E-state index in [9.17, 15) is 12.3 Å². The van der Waals surface area contributed by atoms with Gasteiger partial charge in [0.05, 0.1) is 12.4 Å². The fourth-order valence-corrected chi connectivity index (χ4v) is 2.58. The summed E-state index contributed by atoms with van der Waals surface area (Å²) in [6.07, 6.45) is 0.921. The average molecular weight is 288 g/mol. The maximum absolute atomic E-state index is 12.3. The Morgan fingerprint density at radius 1 is 1.42 bits per heavy atom. The third-order valence-electron chi connectivity index (χ3n) is 2.85. The third kappa shape index (κ3) is 3.83. The topological polar surface area (TPSA) is 52.6 Å². The predicted octanol–water partition coefficient (Wildman–Crippen LogP) is 2.47. The zero-order chi connectivity index (χ0) is 14.1. The van der Waals surface area contributed by atoms with Gasteiger partial charge in [-0.05, 0) is 26.3 Å². The summed E-state index contributed by atoms with van der Waals surface area (Å²) in [6.45, 7) is 4.13. The summed E-state index contributed by atoms with van der Waals surface area (Å²) in [5, 5.41) is 0. The van der Waals surface area contributed by atoms with Crippen LogP contribution in [-0.2, 0) is 16.6 Å². The quantitative estimate of drug-likeness (QED) is 0.617. The molecule has 0 amide bonds. The van der Waals surface area contributed by atoms with Crippen molar-refractivity contribution in [2.75, 3.05) is 12.4 Å². The van der Waals surface area contributed by atoms with Gasteiger partial charge in [0.25, 0.3) is 0 Å². The summed E-state index contributed by atoms with van der Waals surface area (Å²) in [7, 11) is -4.42. The molecule has 0 bridgehead atoms. The first-order chi connectivity index (χ1) is 8.77. The highest BCUT2D eigenvalue weighted by atomic mass is 32.3. The molecule has 0 N–H and O–H groups in total. The lowest BCUT2D eigenvalue weighted by Crippen LogP contribution is -2.24. The molecule has 0 spiro atoms. The van der Waals surface area contributed by atoms with Crippen LogP contribution in [-0.4, -0.2) is 26.4 Å². The first-order valence-corrected chi connectivity index (χ1v) is 7.68. The summed E-state index contributed by atoms with van der Waals surface area (Å²) < 4.78 is 44.4. The lowest BCUT2D eigenvalue weighted by molar-refractivity contribution is 0.132. The number of hydrogen-bond acceptors (Lipinski definition) is 4. The van der Waals surface area contributed by atoms with Gasteiger partial charge in [0, 0.05) is 12.0 Å². The summed E-state index contributed by atoms with van der Waals surface area (Å²) in [5.41, 5.74) is 0.810. The Bertz CT molecular complexity index is 566. The molecule has 0 saturated carbocycles. The Balaban J connectivity index is 1.98. The lowest BCUT2D eigenvalue weighted by Gasteiger charge is -2.18. The second kappa shape index (κ2) is 5.00. The molecule has 1 aromatic carbocycles. The summed E-state index contributed by atoms with van der Waals surface area (Å²) >= 11 is 0. The van der Waals surface area contributed by atoms with Crippen LogP contribution in [0.3, 0.4) is 0 Å². The second-order valence-corrected chi connectivity index (χ2v) is 6.71. The minimum atomic E-state index is -4.42. The van der Waals surface area contributed by atoms with Crippen molar-refractivity contribution in [1.82, 2.24) is 0 Å². The molecule has 4 nitrogen and oxygen atoms in total. The maximum atomic E-state index is 12.3. The SMILES string of the molecule is CC1(C)Cc2cccc(OCCCS(=O)(=O)F)c2O1. The molecular weight excluding hydrogens is 271 g/mol. The van der Waals surface area contributed by atoms with E-state index >= 15 is 0 Å². The maximum Gasteiger partial charge on any atom is 0.302 e. The molecule has 0 aliphatic carbocycles. The number of hydrogen-bond donors (Lipinski definition) is 0. The van der Waals surface area contributed by atoms with E-state index in [0.717, 1.165) is 12.0 Å². The highest BCUT2D eigenvalue weighted by Gasteiger charge is 2.32. The smallest absolute Gasteiger partial charge is 0.302 e. The van der Waals surface area contributed by atoms with Crippen molar-refractivity contribution in [3.63, 3.8) is 0 Å². The first kappa shape index (κ1) is 14.1. The van der Waals surface area contributed by atoms with E-state index < -0.39 is 16.0 Å². The van der Waals surface area contributed by atoms with Gasteiger partial charge in [-0.15, -0.1) is 3.89 Å². The molecular formula is C13H17FO4S. The van der Waals surface area contributed by atoms with Gasteiger partial charge < -0.3 is 9.47 Å². The number of benzene rings is 1. The number of rotatable bonds is 5. The van der Waals surface area contributed by atoms with Crippen LogP contribution in [0.2, 0.25) is 0 Å². The van der Waals surface area contributed by atoms with Gasteiger partial charge >= 0.3 is 10.2 Å². The van der Waals surface area contributed by atoms with Crippen LogP contribution in [0.25, 0.3) is 0 Å². The zero-order valence-corrected chi connectivity index (χ0v) is 11.8. The van der Waals surface area contributed by atoms with Gasteiger partial charge in [-0.3, -0.25) is 0 Å². The van der Waals surface area contributed by atoms with Crippen molar-refractivity contribution in [2.24, 2.45) is 0 Å². The van der Waals surface area contributed by atoms with Gasteiger partial charge in [0.1, 0.15) is 5.60 Å². The van der Waals surface area contributed by atoms with Crippen LogP contribution in [0.4, 0.5) is 3.89 Å². The Labute approximate surface area is 112 Å². The molecule has 6 heteroatoms. The molecule has 1 heterocycles. The van der Waals surface area contributed by atoms with Crippen molar-refractivity contribution in [1.29, 1.82) is 0 Å². The molecule has 1 aliphatic heterocycles. The van der Waals surface area contributed by atoms with Gasteiger partial charge in [-0.2, -0.15) is 8.42 Å². The molecule has 0 aromatic heterocycles. The fraction of sp³-hybridized carbons (Fsp3) is 0.538. The number of ether oxygens (including phenoxy) is 2. The van der Waals surface area contributed by atoms with Gasteiger partial charge in [0.2, 0.25) is 0 Å². The molecule has 1 aliphatic rings. The largest absolute Gasteiger partial charge is 0.490 e. The highest BCUT2D eigenvalue weighted by Crippen LogP contribution is 2.41. The van der Waals surface area contributed by atoms with Crippen molar-refractivity contribution < 1.29 is 21.8 Å². The van der Waals surface area contributed by atoms with Gasteiger partial charge in [0.15, 0.2) is 11.5 Å². The van der Waals surface area contributed by atoms with Crippen LogP contribution in [0.15, 0.2) is 18.2 Å². The molecule has 0 radical (unpaired) electrons. The molecule has 0 saturated heterocycles. The molecule has 2 rings (SSSR count). The summed E-state index contributed by atoms with van der Waals surface area (Å²) in [6, 6.07) is 5.61. The average Bonchev–Trinajstić information content (AvgIpc) is 2.57. The fourth-order valence-electron chi connectivity index (χ4n) is 2.11. The van der Waals surface area contributed by atoms with Gasteiger partial charge in [-0.1, -0.05) is 12.1 Å². The molecule has 0 atom stereocenters. The van der Waals surface area contributed by atoms with Gasteiger partial charge in [-0.25, -0.2) is 0 Å². The van der Waals surface area contributed by atoms with Crippen molar-refractivity contribution in [3.05, 3.63) is 23.8 Å². The van der Waals surface area contributed by atoms with E-state index in [1.165, 1.54) is 0 Å². The van der Waals surface area contributed by atoms with Crippen LogP contribution < -0.4 is 9.47 Å². The second-order valence-electron chi connectivity index (χ2n) is 5.23. The molecule has 106 valence electrons. The Morgan fingerprint density at radius 3 is 2.84 bits per heavy atom. The Kier molecular flexibility index (Phi) is 3.71. The monoisotopic (exact) mass is 288 g/mol. The Hall–Kier alpha value is -1.30. The number of fused-ring (bicyclic) bond motifs is 1. The third-order valence-corrected chi connectivity index (χ3v) is 3.62. The summed E-state index contributed by atoms with van der Waals surface area (Å²) in [5.74, 6) is 0.768. The van der Waals surface area contributed by atoms with Crippen molar-refractivity contribution in [3.8, 4) is 11.5 Å². The normalized spacial score (nSPS) is 16.8. The van der Waals surface area contributed by atoms with Crippen LogP contribution in [0.1, 0.15) is 25.8 Å². The van der Waals surface area contributed by atoms with Crippen LogP contribution in [0, 0.1) is 0 Å². The number of halogens is 1. The molecule has 1 aromatic rings. The van der Waals surface area contributed by atoms with Crippen LogP contribution in [0.5, 0.6) is 11.5 Å². The Morgan fingerprint density at radius 2 is 2.16 bits per heavy atom. The number of para-hydroxylation sites is 1. The van der Waals surface area contributed by atoms with E-state index in [2.05, 4.69) is 0 Å².